The lowest BCUT2D eigenvalue weighted by Crippen LogP contribution is -2.24. The summed E-state index contributed by atoms with van der Waals surface area (Å²) < 4.78 is 5.66. The maximum absolute atomic E-state index is 12.0. The average Bonchev–Trinajstić information content (AvgIpc) is 2.62. The third kappa shape index (κ3) is 1.50. The lowest BCUT2D eigenvalue weighted by Gasteiger charge is -2.19. The Morgan fingerprint density at radius 3 is 2.53 bits per heavy atom. The summed E-state index contributed by atoms with van der Waals surface area (Å²) in [5.74, 6) is -0.159. The molecule has 0 spiro atoms. The highest BCUT2D eigenvalue weighted by Gasteiger charge is 2.33. The Morgan fingerprint density at radius 1 is 0.941 bits per heavy atom. The topological polar surface area (TPSA) is 43.4 Å². The number of Topliss-reactive ketones (excluding diaryl/α,β-unsaturated/α-hetero) is 2. The van der Waals surface area contributed by atoms with Gasteiger partial charge in [-0.25, -0.2) is 0 Å². The molecule has 17 heavy (non-hydrogen) atoms. The highest BCUT2D eigenvalue weighted by molar-refractivity contribution is 6.52. The van der Waals surface area contributed by atoms with Crippen LogP contribution in [0.25, 0.3) is 5.76 Å². The molecular weight excluding hydrogens is 216 g/mol. The molecule has 86 valence electrons. The van der Waals surface area contributed by atoms with E-state index in [1.54, 1.807) is 12.1 Å². The lowest BCUT2D eigenvalue weighted by molar-refractivity contribution is -0.112. The molecule has 0 amide bonds. The highest BCUT2D eigenvalue weighted by atomic mass is 16.5. The van der Waals surface area contributed by atoms with Gasteiger partial charge in [-0.3, -0.25) is 9.59 Å². The number of allylic oxidation sites excluding steroid dienone is 1. The van der Waals surface area contributed by atoms with Crippen LogP contribution in [0.3, 0.4) is 0 Å². The van der Waals surface area contributed by atoms with Crippen molar-refractivity contribution < 1.29 is 14.3 Å². The molecule has 3 heteroatoms. The fraction of sp³-hybridized carbons (Fsp3) is 0.286. The summed E-state index contributed by atoms with van der Waals surface area (Å²) in [7, 11) is 0. The molecule has 1 heterocycles. The van der Waals surface area contributed by atoms with E-state index in [9.17, 15) is 9.59 Å². The van der Waals surface area contributed by atoms with Crippen LogP contribution in [0.4, 0.5) is 0 Å². The van der Waals surface area contributed by atoms with Gasteiger partial charge in [0.25, 0.3) is 0 Å². The number of hydrogen-bond acceptors (Lipinski definition) is 3. The van der Waals surface area contributed by atoms with Crippen molar-refractivity contribution in [3.63, 3.8) is 0 Å². The van der Waals surface area contributed by atoms with Gasteiger partial charge < -0.3 is 4.74 Å². The number of hydrogen-bond donors (Lipinski definition) is 0. The van der Waals surface area contributed by atoms with Crippen LogP contribution >= 0.6 is 0 Å². The summed E-state index contributed by atoms with van der Waals surface area (Å²) in [6.07, 6.45) is 2.48. The Kier molecular flexibility index (Phi) is 2.32. The summed E-state index contributed by atoms with van der Waals surface area (Å²) >= 11 is 0. The standard InChI is InChI=1S/C14H12O3/c15-12-9-5-1-2-6-10(9)14-11(13(12)16)7-3-4-8-17-14/h1-2,5-6H,3-4,7-8H2. The first kappa shape index (κ1) is 10.3. The molecule has 1 aromatic carbocycles. The molecule has 0 radical (unpaired) electrons. The molecule has 0 atom stereocenters. The molecule has 0 fully saturated rings. The fourth-order valence-corrected chi connectivity index (χ4v) is 2.37. The van der Waals surface area contributed by atoms with Crippen LogP contribution in [-0.4, -0.2) is 18.2 Å². The molecule has 0 aromatic heterocycles. The molecule has 2 aliphatic rings. The highest BCUT2D eigenvalue weighted by Crippen LogP contribution is 2.34. The Morgan fingerprint density at radius 2 is 1.71 bits per heavy atom. The second-order valence-electron chi connectivity index (χ2n) is 4.32. The van der Waals surface area contributed by atoms with Crippen LogP contribution in [0.1, 0.15) is 35.2 Å². The second-order valence-corrected chi connectivity index (χ2v) is 4.32. The van der Waals surface area contributed by atoms with Crippen molar-refractivity contribution >= 4 is 17.3 Å². The van der Waals surface area contributed by atoms with E-state index in [4.69, 9.17) is 4.74 Å². The van der Waals surface area contributed by atoms with Gasteiger partial charge in [0.2, 0.25) is 11.6 Å². The molecule has 3 nitrogen and oxygen atoms in total. The first-order valence-corrected chi connectivity index (χ1v) is 5.83. The summed E-state index contributed by atoms with van der Waals surface area (Å²) in [5, 5.41) is 0. The van der Waals surface area contributed by atoms with Crippen molar-refractivity contribution in [1.82, 2.24) is 0 Å². The molecule has 0 saturated carbocycles. The van der Waals surface area contributed by atoms with Crippen LogP contribution in [0.5, 0.6) is 0 Å². The third-order valence-electron chi connectivity index (χ3n) is 3.24. The molecule has 1 aromatic rings. The van der Waals surface area contributed by atoms with Gasteiger partial charge in [0.1, 0.15) is 5.76 Å². The monoisotopic (exact) mass is 228 g/mol. The normalized spacial score (nSPS) is 19.3. The van der Waals surface area contributed by atoms with Gasteiger partial charge in [0.05, 0.1) is 6.61 Å². The van der Waals surface area contributed by atoms with Gasteiger partial charge in [-0.05, 0) is 19.3 Å². The minimum Gasteiger partial charge on any atom is -0.493 e. The third-order valence-corrected chi connectivity index (χ3v) is 3.24. The van der Waals surface area contributed by atoms with E-state index in [-0.39, 0.29) is 5.78 Å². The van der Waals surface area contributed by atoms with Crippen molar-refractivity contribution in [2.45, 2.75) is 19.3 Å². The van der Waals surface area contributed by atoms with Crippen LogP contribution < -0.4 is 0 Å². The predicted octanol–water partition coefficient (Wildman–Crippen LogP) is 2.36. The average molecular weight is 228 g/mol. The van der Waals surface area contributed by atoms with Crippen LogP contribution in [0.2, 0.25) is 0 Å². The van der Waals surface area contributed by atoms with Gasteiger partial charge in [-0.1, -0.05) is 24.3 Å². The van der Waals surface area contributed by atoms with E-state index < -0.39 is 5.78 Å². The number of rotatable bonds is 0. The number of ketones is 2. The smallest absolute Gasteiger partial charge is 0.234 e. The Balaban J connectivity index is 2.23. The molecule has 3 rings (SSSR count). The van der Waals surface area contributed by atoms with Crippen LogP contribution in [0, 0.1) is 0 Å². The van der Waals surface area contributed by atoms with E-state index >= 15 is 0 Å². The molecule has 1 aliphatic carbocycles. The largest absolute Gasteiger partial charge is 0.493 e. The summed E-state index contributed by atoms with van der Waals surface area (Å²) in [6, 6.07) is 7.17. The minimum absolute atomic E-state index is 0.388. The fourth-order valence-electron chi connectivity index (χ4n) is 2.37. The van der Waals surface area contributed by atoms with E-state index in [1.807, 2.05) is 12.1 Å². The lowest BCUT2D eigenvalue weighted by atomic mass is 9.87. The van der Waals surface area contributed by atoms with E-state index in [0.717, 1.165) is 18.4 Å². The van der Waals surface area contributed by atoms with Gasteiger partial charge in [0.15, 0.2) is 0 Å². The molecule has 0 bridgehead atoms. The Bertz CT molecular complexity index is 540. The van der Waals surface area contributed by atoms with Crippen molar-refractivity contribution in [1.29, 1.82) is 0 Å². The quantitative estimate of drug-likeness (QED) is 0.640. The van der Waals surface area contributed by atoms with Crippen LogP contribution in [-0.2, 0) is 9.53 Å². The van der Waals surface area contributed by atoms with Gasteiger partial charge in [-0.15, -0.1) is 0 Å². The van der Waals surface area contributed by atoms with Crippen molar-refractivity contribution in [2.75, 3.05) is 6.61 Å². The van der Waals surface area contributed by atoms with E-state index in [2.05, 4.69) is 0 Å². The van der Waals surface area contributed by atoms with E-state index in [1.165, 1.54) is 0 Å². The maximum atomic E-state index is 12.0. The summed E-state index contributed by atoms with van der Waals surface area (Å²) in [5.41, 5.74) is 1.80. The van der Waals surface area contributed by atoms with Crippen molar-refractivity contribution in [2.24, 2.45) is 0 Å². The predicted molar refractivity (Wildman–Crippen MR) is 62.5 cm³/mol. The SMILES string of the molecule is O=C1C(=O)c2ccccc2C2=C1CCCCO2. The van der Waals surface area contributed by atoms with Crippen molar-refractivity contribution in [3.05, 3.63) is 41.0 Å². The van der Waals surface area contributed by atoms with Gasteiger partial charge in [0, 0.05) is 16.7 Å². The maximum Gasteiger partial charge on any atom is 0.234 e. The molecule has 1 aliphatic heterocycles. The molecule has 0 saturated heterocycles. The second kappa shape index (κ2) is 3.84. The summed E-state index contributed by atoms with van der Waals surface area (Å²) in [4.78, 5) is 23.9. The zero-order valence-electron chi connectivity index (χ0n) is 9.36. The van der Waals surface area contributed by atoms with Crippen LogP contribution in [0.15, 0.2) is 29.8 Å². The van der Waals surface area contributed by atoms with Gasteiger partial charge >= 0.3 is 0 Å². The van der Waals surface area contributed by atoms with Crippen molar-refractivity contribution in [3.8, 4) is 0 Å². The number of benzene rings is 1. The summed E-state index contributed by atoms with van der Waals surface area (Å²) in [6.45, 7) is 0.620. The number of fused-ring (bicyclic) bond motifs is 2. The Labute approximate surface area is 99.1 Å². The molecular formula is C14H12O3. The number of carbonyl (C=O) groups excluding carboxylic acids is 2. The first-order valence-electron chi connectivity index (χ1n) is 5.83. The zero-order valence-corrected chi connectivity index (χ0v) is 9.36. The number of carbonyl (C=O) groups is 2. The van der Waals surface area contributed by atoms with Gasteiger partial charge in [-0.2, -0.15) is 0 Å². The Hall–Kier alpha value is -1.90. The first-order chi connectivity index (χ1) is 8.29. The minimum atomic E-state index is -0.398. The zero-order chi connectivity index (χ0) is 11.8. The molecule has 0 unspecified atom stereocenters. The molecule has 0 N–H and O–H groups in total. The van der Waals surface area contributed by atoms with E-state index in [0.29, 0.717) is 29.9 Å². The number of ether oxygens (including phenoxy) is 1.